The minimum Gasteiger partial charge on any atom is -0.247 e. The van der Waals surface area contributed by atoms with Gasteiger partial charge in [0.1, 0.15) is 11.6 Å². The molecule has 0 atom stereocenters. The van der Waals surface area contributed by atoms with Gasteiger partial charge in [-0.05, 0) is 60.7 Å². The van der Waals surface area contributed by atoms with E-state index in [2.05, 4.69) is 4.99 Å². The lowest BCUT2D eigenvalue weighted by molar-refractivity contribution is -0.129. The molecule has 0 spiro atoms. The molecule has 0 amide bonds. The normalized spacial score (nSPS) is 12.4. The highest BCUT2D eigenvalue weighted by atomic mass is 32.2. The Kier molecular flexibility index (Phi) is 9.70. The molecule has 0 heterocycles. The quantitative estimate of drug-likeness (QED) is 0.0931. The van der Waals surface area contributed by atoms with Crippen LogP contribution in [0.15, 0.2) is 93.6 Å². The van der Waals surface area contributed by atoms with Gasteiger partial charge in [0, 0.05) is 22.0 Å². The number of alkyl halides is 3. The van der Waals surface area contributed by atoms with Crippen molar-refractivity contribution in [3.63, 3.8) is 0 Å². The molecular formula is C24H20F5NS3. The highest BCUT2D eigenvalue weighted by Crippen LogP contribution is 2.39. The summed E-state index contributed by atoms with van der Waals surface area (Å²) in [7, 11) is 0. The minimum absolute atomic E-state index is 0.135. The van der Waals surface area contributed by atoms with Gasteiger partial charge in [0.05, 0.1) is 21.7 Å². The second kappa shape index (κ2) is 12.5. The average Bonchev–Trinajstić information content (AvgIpc) is 2.76. The predicted octanol–water partition coefficient (Wildman–Crippen LogP) is 8.98. The molecule has 0 saturated carbocycles. The maximum Gasteiger partial charge on any atom is 0.389 e. The van der Waals surface area contributed by atoms with Crippen LogP contribution in [0.25, 0.3) is 0 Å². The van der Waals surface area contributed by atoms with E-state index in [0.29, 0.717) is 17.2 Å². The maximum atomic E-state index is 13.3. The first-order chi connectivity index (χ1) is 15.8. The van der Waals surface area contributed by atoms with Crippen molar-refractivity contribution in [1.82, 2.24) is 0 Å². The number of hydrogen-bond donors (Lipinski definition) is 0. The fourth-order valence-corrected chi connectivity index (χ4v) is 6.42. The van der Waals surface area contributed by atoms with Gasteiger partial charge in [-0.3, -0.25) is 0 Å². The Labute approximate surface area is 202 Å². The van der Waals surface area contributed by atoms with Crippen molar-refractivity contribution >= 4 is 46.0 Å². The number of rotatable bonds is 9. The summed E-state index contributed by atoms with van der Waals surface area (Å²) in [6, 6.07) is 21.1. The molecule has 174 valence electrons. The summed E-state index contributed by atoms with van der Waals surface area (Å²) in [6.45, 7) is 0. The molecule has 3 aromatic carbocycles. The molecule has 0 aliphatic carbocycles. The van der Waals surface area contributed by atoms with Crippen molar-refractivity contribution in [1.29, 1.82) is 0 Å². The third-order valence-corrected chi connectivity index (χ3v) is 7.69. The monoisotopic (exact) mass is 513 g/mol. The molecule has 33 heavy (non-hydrogen) atoms. The van der Waals surface area contributed by atoms with E-state index in [1.807, 2.05) is 18.2 Å². The number of para-hydroxylation sites is 1. The fourth-order valence-electron chi connectivity index (χ4n) is 2.65. The summed E-state index contributed by atoms with van der Waals surface area (Å²) in [4.78, 5) is 6.23. The van der Waals surface area contributed by atoms with E-state index < -0.39 is 12.6 Å². The lowest BCUT2D eigenvalue weighted by atomic mass is 10.3. The van der Waals surface area contributed by atoms with Crippen LogP contribution in [-0.2, 0) is 0 Å². The predicted molar refractivity (Wildman–Crippen MR) is 130 cm³/mol. The van der Waals surface area contributed by atoms with Crippen LogP contribution in [-0.4, -0.2) is 21.6 Å². The Morgan fingerprint density at radius 2 is 1.27 bits per heavy atom. The second-order valence-corrected chi connectivity index (χ2v) is 10.9. The van der Waals surface area contributed by atoms with Crippen LogP contribution in [0, 0.1) is 11.6 Å². The van der Waals surface area contributed by atoms with Crippen molar-refractivity contribution < 1.29 is 22.0 Å². The lowest BCUT2D eigenvalue weighted by Gasteiger charge is -2.18. The van der Waals surface area contributed by atoms with Gasteiger partial charge in [0.25, 0.3) is 0 Å². The van der Waals surface area contributed by atoms with Gasteiger partial charge in [0.2, 0.25) is 0 Å². The largest absolute Gasteiger partial charge is 0.389 e. The van der Waals surface area contributed by atoms with Gasteiger partial charge in [-0.2, -0.15) is 13.2 Å². The summed E-state index contributed by atoms with van der Waals surface area (Å²) in [6.07, 6.45) is -4.77. The van der Waals surface area contributed by atoms with Crippen LogP contribution in [0.3, 0.4) is 0 Å². The Hall–Kier alpha value is -1.97. The molecule has 1 nitrogen and oxygen atoms in total. The molecule has 0 aliphatic rings. The standard InChI is InChI=1S/C24H20F5NS3/c25-17-6-10-20(11-7-17)32-23(33-21-12-8-18(26)9-13-21)16-22(31-15-14-24(27,28)29)30-19-4-2-1-3-5-19/h1-13,23H,14-16H2. The van der Waals surface area contributed by atoms with Gasteiger partial charge in [-0.1, -0.05) is 18.2 Å². The molecule has 0 saturated heterocycles. The molecule has 0 N–H and O–H groups in total. The van der Waals surface area contributed by atoms with E-state index >= 15 is 0 Å². The van der Waals surface area contributed by atoms with Crippen LogP contribution in [0.4, 0.5) is 27.6 Å². The zero-order valence-electron chi connectivity index (χ0n) is 17.3. The smallest absolute Gasteiger partial charge is 0.247 e. The van der Waals surface area contributed by atoms with E-state index in [0.717, 1.165) is 21.6 Å². The van der Waals surface area contributed by atoms with Crippen LogP contribution < -0.4 is 0 Å². The molecule has 0 unspecified atom stereocenters. The first kappa shape index (κ1) is 25.6. The number of hydrogen-bond acceptors (Lipinski definition) is 4. The number of thioether (sulfide) groups is 3. The maximum absolute atomic E-state index is 13.3. The van der Waals surface area contributed by atoms with Gasteiger partial charge in [0.15, 0.2) is 0 Å². The average molecular weight is 514 g/mol. The van der Waals surface area contributed by atoms with Crippen LogP contribution >= 0.6 is 35.3 Å². The molecule has 0 aromatic heterocycles. The zero-order valence-corrected chi connectivity index (χ0v) is 19.7. The third kappa shape index (κ3) is 9.81. The fraction of sp³-hybridized carbons (Fsp3) is 0.208. The Morgan fingerprint density at radius 1 is 0.758 bits per heavy atom. The summed E-state index contributed by atoms with van der Waals surface area (Å²) in [5.74, 6) is -0.836. The van der Waals surface area contributed by atoms with Crippen molar-refractivity contribution in [3.05, 3.63) is 90.5 Å². The molecule has 0 radical (unpaired) electrons. The molecule has 0 bridgehead atoms. The van der Waals surface area contributed by atoms with E-state index in [-0.39, 0.29) is 22.0 Å². The second-order valence-electron chi connectivity index (χ2n) is 6.83. The summed E-state index contributed by atoms with van der Waals surface area (Å²) in [5.41, 5.74) is 0.657. The summed E-state index contributed by atoms with van der Waals surface area (Å²) in [5, 5.41) is 0.569. The Balaban J connectivity index is 1.82. The summed E-state index contributed by atoms with van der Waals surface area (Å²) < 4.78 is 64.6. The first-order valence-corrected chi connectivity index (χ1v) is 12.7. The first-order valence-electron chi connectivity index (χ1n) is 9.93. The van der Waals surface area contributed by atoms with Crippen LogP contribution in [0.2, 0.25) is 0 Å². The van der Waals surface area contributed by atoms with Crippen LogP contribution in [0.5, 0.6) is 0 Å². The van der Waals surface area contributed by atoms with Crippen molar-refractivity contribution in [2.24, 2.45) is 4.99 Å². The van der Waals surface area contributed by atoms with Gasteiger partial charge < -0.3 is 0 Å². The lowest BCUT2D eigenvalue weighted by Crippen LogP contribution is -2.11. The molecular weight excluding hydrogens is 493 g/mol. The Morgan fingerprint density at radius 3 is 1.76 bits per heavy atom. The van der Waals surface area contributed by atoms with Crippen LogP contribution in [0.1, 0.15) is 12.8 Å². The van der Waals surface area contributed by atoms with E-state index in [1.54, 1.807) is 36.4 Å². The molecule has 3 aromatic rings. The molecule has 0 aliphatic heterocycles. The number of benzene rings is 3. The molecule has 0 fully saturated rings. The van der Waals surface area contributed by atoms with E-state index in [1.165, 1.54) is 47.8 Å². The third-order valence-electron chi connectivity index (χ3n) is 4.17. The highest BCUT2D eigenvalue weighted by molar-refractivity contribution is 8.17. The zero-order chi connectivity index (χ0) is 23.7. The highest BCUT2D eigenvalue weighted by Gasteiger charge is 2.27. The van der Waals surface area contributed by atoms with Crippen molar-refractivity contribution in [3.8, 4) is 0 Å². The van der Waals surface area contributed by atoms with E-state index in [9.17, 15) is 22.0 Å². The summed E-state index contributed by atoms with van der Waals surface area (Å²) >= 11 is 4.00. The Bertz CT molecular complexity index is 975. The molecule has 3 rings (SSSR count). The van der Waals surface area contributed by atoms with Gasteiger partial charge in [-0.15, -0.1) is 35.3 Å². The number of halogens is 5. The minimum atomic E-state index is -4.24. The number of nitrogens with zero attached hydrogens (tertiary/aromatic N) is 1. The number of aliphatic imine (C=N–C) groups is 1. The van der Waals surface area contributed by atoms with Gasteiger partial charge >= 0.3 is 6.18 Å². The van der Waals surface area contributed by atoms with E-state index in [4.69, 9.17) is 0 Å². The van der Waals surface area contributed by atoms with Crippen molar-refractivity contribution in [2.75, 3.05) is 5.75 Å². The topological polar surface area (TPSA) is 12.4 Å². The SMILES string of the molecule is Fc1ccc(SC(CC(=Nc2ccccc2)SCCC(F)(F)F)Sc2ccc(F)cc2)cc1. The van der Waals surface area contributed by atoms with Crippen molar-refractivity contribution in [2.45, 2.75) is 33.4 Å². The van der Waals surface area contributed by atoms with Gasteiger partial charge in [-0.25, -0.2) is 13.8 Å². The molecule has 9 heteroatoms.